The summed E-state index contributed by atoms with van der Waals surface area (Å²) in [5, 5.41) is 3.07. The summed E-state index contributed by atoms with van der Waals surface area (Å²) in [6.45, 7) is 2.88. The molecule has 3 N–H and O–H groups in total. The third-order valence-electron chi connectivity index (χ3n) is 3.76. The third-order valence-corrected chi connectivity index (χ3v) is 3.76. The Morgan fingerprint density at radius 3 is 2.88 bits per heavy atom. The number of nitrogens with two attached hydrogens (primary N) is 1. The van der Waals surface area contributed by atoms with Gasteiger partial charge in [0, 0.05) is 6.61 Å². The molecule has 0 aromatic carbocycles. The largest absolute Gasteiger partial charge is 0.376 e. The number of ether oxygens (including phenoxy) is 1. The van der Waals surface area contributed by atoms with E-state index < -0.39 is 0 Å². The van der Waals surface area contributed by atoms with Crippen molar-refractivity contribution >= 4 is 5.91 Å². The van der Waals surface area contributed by atoms with Crippen molar-refractivity contribution in [2.45, 2.75) is 63.6 Å². The summed E-state index contributed by atoms with van der Waals surface area (Å²) in [6, 6.07) is -0.155. The molecule has 0 bridgehead atoms. The molecule has 17 heavy (non-hydrogen) atoms. The van der Waals surface area contributed by atoms with Crippen molar-refractivity contribution in [2.75, 3.05) is 6.61 Å². The van der Waals surface area contributed by atoms with Gasteiger partial charge in [-0.2, -0.15) is 0 Å². The molecule has 0 spiro atoms. The molecule has 3 atom stereocenters. The van der Waals surface area contributed by atoms with E-state index in [2.05, 4.69) is 12.2 Å². The molecule has 0 aromatic heterocycles. The van der Waals surface area contributed by atoms with Gasteiger partial charge in [0.15, 0.2) is 0 Å². The zero-order valence-electron chi connectivity index (χ0n) is 10.7. The Hall–Kier alpha value is -0.610. The molecule has 1 aliphatic heterocycles. The van der Waals surface area contributed by atoms with Crippen LogP contribution < -0.4 is 11.1 Å². The van der Waals surface area contributed by atoms with Crippen LogP contribution in [0.25, 0.3) is 0 Å². The summed E-state index contributed by atoms with van der Waals surface area (Å²) >= 11 is 0. The van der Waals surface area contributed by atoms with Crippen LogP contribution >= 0.6 is 0 Å². The van der Waals surface area contributed by atoms with Gasteiger partial charge in [-0.25, -0.2) is 0 Å². The van der Waals surface area contributed by atoms with E-state index >= 15 is 0 Å². The zero-order valence-corrected chi connectivity index (χ0v) is 10.7. The predicted molar refractivity (Wildman–Crippen MR) is 66.5 cm³/mol. The Bertz CT molecular complexity index is 266. The quantitative estimate of drug-likeness (QED) is 0.733. The first-order valence-electron chi connectivity index (χ1n) is 6.90. The molecule has 0 radical (unpaired) electrons. The lowest BCUT2D eigenvalue weighted by Crippen LogP contribution is -2.48. The van der Waals surface area contributed by atoms with E-state index in [4.69, 9.17) is 10.5 Å². The SMILES string of the molecule is CCCC[C@H](N)C(=O)NC1CCOC1C1CC1. The molecule has 2 unspecified atom stereocenters. The summed E-state index contributed by atoms with van der Waals surface area (Å²) in [4.78, 5) is 11.9. The second-order valence-corrected chi connectivity index (χ2v) is 5.33. The number of rotatable bonds is 6. The summed E-state index contributed by atoms with van der Waals surface area (Å²) in [7, 11) is 0. The number of carbonyl (C=O) groups is 1. The van der Waals surface area contributed by atoms with Gasteiger partial charge in [0.05, 0.1) is 18.2 Å². The fourth-order valence-electron chi connectivity index (χ4n) is 2.50. The first-order valence-corrected chi connectivity index (χ1v) is 6.90. The smallest absolute Gasteiger partial charge is 0.237 e. The highest BCUT2D eigenvalue weighted by molar-refractivity contribution is 5.81. The fourth-order valence-corrected chi connectivity index (χ4v) is 2.50. The van der Waals surface area contributed by atoms with E-state index in [1.165, 1.54) is 12.8 Å². The Balaban J connectivity index is 1.76. The Labute approximate surface area is 103 Å². The van der Waals surface area contributed by atoms with Crippen LogP contribution in [0.2, 0.25) is 0 Å². The van der Waals surface area contributed by atoms with Crippen molar-refractivity contribution in [3.63, 3.8) is 0 Å². The summed E-state index contributed by atoms with van der Waals surface area (Å²) in [6.07, 6.45) is 6.56. The average Bonchev–Trinajstić information content (AvgIpc) is 3.07. The van der Waals surface area contributed by atoms with E-state index in [1.54, 1.807) is 0 Å². The maximum atomic E-state index is 11.9. The van der Waals surface area contributed by atoms with Gasteiger partial charge in [0.25, 0.3) is 0 Å². The lowest BCUT2D eigenvalue weighted by molar-refractivity contribution is -0.123. The van der Waals surface area contributed by atoms with E-state index in [1.807, 2.05) is 0 Å². The number of hydrogen-bond acceptors (Lipinski definition) is 3. The summed E-state index contributed by atoms with van der Waals surface area (Å²) in [5.74, 6) is 0.675. The van der Waals surface area contributed by atoms with E-state index in [9.17, 15) is 4.79 Å². The molecule has 1 heterocycles. The molecule has 0 aromatic rings. The highest BCUT2D eigenvalue weighted by atomic mass is 16.5. The van der Waals surface area contributed by atoms with Gasteiger partial charge in [0.1, 0.15) is 0 Å². The minimum Gasteiger partial charge on any atom is -0.376 e. The standard InChI is InChI=1S/C13H24N2O2/c1-2-3-4-10(14)13(16)15-11-7-8-17-12(11)9-5-6-9/h9-12H,2-8,14H2,1H3,(H,15,16)/t10-,11?,12?/m0/s1. The van der Waals surface area contributed by atoms with Crippen molar-refractivity contribution in [2.24, 2.45) is 11.7 Å². The Morgan fingerprint density at radius 1 is 1.47 bits per heavy atom. The maximum absolute atomic E-state index is 11.9. The van der Waals surface area contributed by atoms with Crippen molar-refractivity contribution in [1.82, 2.24) is 5.32 Å². The topological polar surface area (TPSA) is 64.4 Å². The zero-order chi connectivity index (χ0) is 12.3. The van der Waals surface area contributed by atoms with Gasteiger partial charge in [-0.1, -0.05) is 19.8 Å². The lowest BCUT2D eigenvalue weighted by Gasteiger charge is -2.21. The molecule has 1 aliphatic carbocycles. The molecule has 1 amide bonds. The van der Waals surface area contributed by atoms with Crippen LogP contribution in [0.15, 0.2) is 0 Å². The van der Waals surface area contributed by atoms with Gasteiger partial charge in [-0.3, -0.25) is 4.79 Å². The second-order valence-electron chi connectivity index (χ2n) is 5.33. The minimum atomic E-state index is -0.351. The summed E-state index contributed by atoms with van der Waals surface area (Å²) in [5.41, 5.74) is 5.87. The molecule has 1 saturated heterocycles. The first-order chi connectivity index (χ1) is 8.22. The maximum Gasteiger partial charge on any atom is 0.237 e. The van der Waals surface area contributed by atoms with Crippen molar-refractivity contribution < 1.29 is 9.53 Å². The predicted octanol–water partition coefficient (Wildman–Crippen LogP) is 1.19. The van der Waals surface area contributed by atoms with Crippen LogP contribution in [0.5, 0.6) is 0 Å². The van der Waals surface area contributed by atoms with Gasteiger partial charge in [-0.15, -0.1) is 0 Å². The number of nitrogens with one attached hydrogen (secondary N) is 1. The van der Waals surface area contributed by atoms with Crippen molar-refractivity contribution in [1.29, 1.82) is 0 Å². The van der Waals surface area contributed by atoms with Crippen LogP contribution in [0.3, 0.4) is 0 Å². The number of amides is 1. The minimum absolute atomic E-state index is 0.000370. The molecule has 2 aliphatic rings. The highest BCUT2D eigenvalue weighted by Crippen LogP contribution is 2.38. The van der Waals surface area contributed by atoms with Crippen LogP contribution in [0, 0.1) is 5.92 Å². The van der Waals surface area contributed by atoms with Crippen molar-refractivity contribution in [3.05, 3.63) is 0 Å². The first kappa shape index (κ1) is 12.8. The van der Waals surface area contributed by atoms with Gasteiger partial charge in [0.2, 0.25) is 5.91 Å². The van der Waals surface area contributed by atoms with E-state index in [-0.39, 0.29) is 24.1 Å². The lowest BCUT2D eigenvalue weighted by atomic mass is 10.0. The number of hydrogen-bond donors (Lipinski definition) is 2. The molecular weight excluding hydrogens is 216 g/mol. The van der Waals surface area contributed by atoms with Gasteiger partial charge in [-0.05, 0) is 31.6 Å². The highest BCUT2D eigenvalue weighted by Gasteiger charge is 2.41. The van der Waals surface area contributed by atoms with Crippen LogP contribution in [0.4, 0.5) is 0 Å². The van der Waals surface area contributed by atoms with E-state index in [0.717, 1.165) is 32.3 Å². The monoisotopic (exact) mass is 240 g/mol. The van der Waals surface area contributed by atoms with Gasteiger partial charge >= 0.3 is 0 Å². The van der Waals surface area contributed by atoms with Crippen LogP contribution in [0.1, 0.15) is 45.4 Å². The molecule has 2 fully saturated rings. The molecular formula is C13H24N2O2. The molecule has 4 heteroatoms. The van der Waals surface area contributed by atoms with E-state index in [0.29, 0.717) is 5.92 Å². The average molecular weight is 240 g/mol. The fraction of sp³-hybridized carbons (Fsp3) is 0.923. The Morgan fingerprint density at radius 2 is 2.24 bits per heavy atom. The van der Waals surface area contributed by atoms with Crippen LogP contribution in [-0.2, 0) is 9.53 Å². The van der Waals surface area contributed by atoms with Gasteiger partial charge < -0.3 is 15.8 Å². The molecule has 98 valence electrons. The normalized spacial score (nSPS) is 30.2. The summed E-state index contributed by atoms with van der Waals surface area (Å²) < 4.78 is 5.70. The molecule has 2 rings (SSSR count). The van der Waals surface area contributed by atoms with Crippen LogP contribution in [-0.4, -0.2) is 30.7 Å². The number of unbranched alkanes of at least 4 members (excludes halogenated alkanes) is 1. The van der Waals surface area contributed by atoms with Crippen molar-refractivity contribution in [3.8, 4) is 0 Å². The Kier molecular flexibility index (Phi) is 4.40. The molecule has 4 nitrogen and oxygen atoms in total. The second kappa shape index (κ2) is 5.83. The molecule has 1 saturated carbocycles. The number of carbonyl (C=O) groups excluding carboxylic acids is 1. The third kappa shape index (κ3) is 3.42.